The van der Waals surface area contributed by atoms with Crippen LogP contribution in [0, 0.1) is 17.8 Å². The number of benzene rings is 2. The number of para-hydroxylation sites is 1. The summed E-state index contributed by atoms with van der Waals surface area (Å²) in [6.45, 7) is 3.09. The summed E-state index contributed by atoms with van der Waals surface area (Å²) in [4.78, 5) is 29.4. The Balaban J connectivity index is 1.25. The number of hydrogen-bond acceptors (Lipinski definition) is 5. The van der Waals surface area contributed by atoms with E-state index in [2.05, 4.69) is 13.0 Å². The highest BCUT2D eigenvalue weighted by molar-refractivity contribution is 6.06. The summed E-state index contributed by atoms with van der Waals surface area (Å²) in [6.07, 6.45) is 11.7. The molecule has 1 saturated carbocycles. The van der Waals surface area contributed by atoms with E-state index >= 15 is 0 Å². The van der Waals surface area contributed by atoms with Crippen molar-refractivity contribution in [3.8, 4) is 11.5 Å². The van der Waals surface area contributed by atoms with Crippen LogP contribution >= 0.6 is 0 Å². The summed E-state index contributed by atoms with van der Waals surface area (Å²) in [5.41, 5.74) is 4.77. The number of carbonyl (C=O) groups is 2. The van der Waals surface area contributed by atoms with Crippen LogP contribution in [0.1, 0.15) is 76.7 Å². The van der Waals surface area contributed by atoms with E-state index in [4.69, 9.17) is 9.47 Å². The van der Waals surface area contributed by atoms with E-state index in [9.17, 15) is 14.7 Å². The highest BCUT2D eigenvalue weighted by Gasteiger charge is 2.58. The summed E-state index contributed by atoms with van der Waals surface area (Å²) in [5, 5.41) is 9.68. The lowest BCUT2D eigenvalue weighted by Gasteiger charge is -2.32. The van der Waals surface area contributed by atoms with Crippen molar-refractivity contribution in [1.29, 1.82) is 0 Å². The van der Waals surface area contributed by atoms with Crippen LogP contribution in [-0.4, -0.2) is 47.2 Å². The second-order valence-corrected chi connectivity index (χ2v) is 12.4. The first-order valence-electron chi connectivity index (χ1n) is 15.9. The van der Waals surface area contributed by atoms with Gasteiger partial charge in [-0.1, -0.05) is 74.6 Å². The number of likely N-dealkylation sites (tertiary alicyclic amines) is 1. The second-order valence-electron chi connectivity index (χ2n) is 12.4. The van der Waals surface area contributed by atoms with Gasteiger partial charge in [-0.15, -0.1) is 0 Å². The zero-order chi connectivity index (χ0) is 29.1. The van der Waals surface area contributed by atoms with Crippen molar-refractivity contribution in [2.45, 2.75) is 83.3 Å². The fraction of sp³-hybridized carbons (Fsp3) is 0.500. The molecule has 0 spiro atoms. The smallest absolute Gasteiger partial charge is 0.234 e. The van der Waals surface area contributed by atoms with E-state index in [1.165, 1.54) is 17.6 Å². The lowest BCUT2D eigenvalue weighted by Crippen LogP contribution is -2.42. The summed E-state index contributed by atoms with van der Waals surface area (Å²) in [7, 11) is 0. The van der Waals surface area contributed by atoms with Gasteiger partial charge in [0.2, 0.25) is 11.8 Å². The van der Waals surface area contributed by atoms with E-state index in [1.54, 1.807) is 17.0 Å². The number of allylic oxidation sites excluding steroid dienone is 1. The molecule has 3 fully saturated rings. The van der Waals surface area contributed by atoms with E-state index in [-0.39, 0.29) is 47.5 Å². The van der Waals surface area contributed by atoms with Gasteiger partial charge in [-0.25, -0.2) is 0 Å². The third kappa shape index (κ3) is 5.92. The predicted octanol–water partition coefficient (Wildman–Crippen LogP) is 7.08. The molecule has 2 aromatic carbocycles. The molecule has 6 nitrogen and oxygen atoms in total. The first-order chi connectivity index (χ1) is 20.5. The number of rotatable bonds is 10. The van der Waals surface area contributed by atoms with Crippen molar-refractivity contribution < 1.29 is 24.2 Å². The largest absolute Gasteiger partial charge is 0.508 e. The zero-order valence-electron chi connectivity index (χ0n) is 24.7. The molecule has 0 radical (unpaired) electrons. The SMILES string of the molecule is CCC/C(=C\c1ccc(O)cc1)CC[C@H]1OC[C@H]2C1=C(COc1ccccc1)C[C@H]1C(=O)N(C3CCCCC3)C(=O)[C@H]12. The number of phenols is 1. The van der Waals surface area contributed by atoms with Crippen LogP contribution < -0.4 is 4.74 Å². The third-order valence-electron chi connectivity index (χ3n) is 9.70. The quantitative estimate of drug-likeness (QED) is 0.244. The van der Waals surface area contributed by atoms with Crippen molar-refractivity contribution >= 4 is 17.9 Å². The number of hydrogen-bond donors (Lipinski definition) is 1. The first kappa shape index (κ1) is 28.7. The molecule has 0 aromatic heterocycles. The highest BCUT2D eigenvalue weighted by Crippen LogP contribution is 2.51. The van der Waals surface area contributed by atoms with E-state index < -0.39 is 0 Å². The van der Waals surface area contributed by atoms with Crippen LogP contribution in [0.25, 0.3) is 6.08 Å². The van der Waals surface area contributed by atoms with Gasteiger partial charge in [-0.3, -0.25) is 14.5 Å². The van der Waals surface area contributed by atoms with E-state index in [0.717, 1.165) is 68.3 Å². The number of imide groups is 1. The maximum absolute atomic E-state index is 13.9. The average molecular weight is 570 g/mol. The number of phenolic OH excluding ortho intramolecular Hbond substituents is 1. The Bertz CT molecular complexity index is 1320. The van der Waals surface area contributed by atoms with Crippen molar-refractivity contribution in [2.75, 3.05) is 13.2 Å². The number of fused-ring (bicyclic) bond motifs is 3. The maximum Gasteiger partial charge on any atom is 0.234 e. The minimum Gasteiger partial charge on any atom is -0.508 e. The first-order valence-corrected chi connectivity index (χ1v) is 15.9. The normalized spacial score (nSPS) is 26.5. The molecule has 2 aliphatic heterocycles. The zero-order valence-corrected chi connectivity index (χ0v) is 24.7. The molecule has 0 bridgehead atoms. The van der Waals surface area contributed by atoms with E-state index in [1.807, 2.05) is 42.5 Å². The standard InChI is InChI=1S/C36H43NO5/c1-2-9-24(20-25-14-17-28(38)18-15-25)16-19-32-33-26(22-41-29-12-7-4-8-13-29)21-30-34(31(33)23-42-32)36(40)37(35(30)39)27-10-5-3-6-11-27/h4,7-8,12-15,17-18,20,27,30-32,34,38H,2-3,5-6,9-11,16,19,21-23H2,1H3/b24-20+/t30-,31+,32-,34-/m1/s1. The molecular formula is C36H43NO5. The molecule has 2 saturated heterocycles. The Labute approximate surface area is 249 Å². The Hall–Kier alpha value is -3.38. The summed E-state index contributed by atoms with van der Waals surface area (Å²) >= 11 is 0. The number of amides is 2. The van der Waals surface area contributed by atoms with Gasteiger partial charge in [-0.05, 0) is 79.5 Å². The van der Waals surface area contributed by atoms with Gasteiger partial charge in [0.05, 0.1) is 24.5 Å². The van der Waals surface area contributed by atoms with Gasteiger partial charge >= 0.3 is 0 Å². The van der Waals surface area contributed by atoms with Crippen LogP contribution in [-0.2, 0) is 14.3 Å². The van der Waals surface area contributed by atoms with Gasteiger partial charge in [0.25, 0.3) is 0 Å². The summed E-state index contributed by atoms with van der Waals surface area (Å²) in [5.74, 6) is 0.439. The highest BCUT2D eigenvalue weighted by atomic mass is 16.5. The molecule has 1 N–H and O–H groups in total. The molecule has 0 unspecified atom stereocenters. The minimum absolute atomic E-state index is 0.0266. The molecule has 2 amide bonds. The molecule has 2 aromatic rings. The van der Waals surface area contributed by atoms with Gasteiger partial charge in [-0.2, -0.15) is 0 Å². The average Bonchev–Trinajstić information content (AvgIpc) is 3.55. The Morgan fingerprint density at radius 2 is 1.74 bits per heavy atom. The number of aromatic hydroxyl groups is 1. The summed E-state index contributed by atoms with van der Waals surface area (Å²) in [6, 6.07) is 17.2. The van der Waals surface area contributed by atoms with Crippen molar-refractivity contribution in [1.82, 2.24) is 4.90 Å². The lowest BCUT2D eigenvalue weighted by atomic mass is 9.69. The molecule has 4 atom stereocenters. The van der Waals surface area contributed by atoms with Crippen LogP contribution in [0.3, 0.4) is 0 Å². The predicted molar refractivity (Wildman–Crippen MR) is 163 cm³/mol. The van der Waals surface area contributed by atoms with Crippen LogP contribution in [0.2, 0.25) is 0 Å². The molecule has 42 heavy (non-hydrogen) atoms. The maximum atomic E-state index is 13.9. The number of carbonyl (C=O) groups excluding carboxylic acids is 2. The molecule has 6 heteroatoms. The van der Waals surface area contributed by atoms with Gasteiger partial charge in [0, 0.05) is 12.0 Å². The van der Waals surface area contributed by atoms with Gasteiger partial charge in [0.1, 0.15) is 18.1 Å². The number of nitrogens with zero attached hydrogens (tertiary/aromatic N) is 1. The second kappa shape index (κ2) is 12.9. The molecule has 4 aliphatic rings. The van der Waals surface area contributed by atoms with Crippen LogP contribution in [0.4, 0.5) is 0 Å². The van der Waals surface area contributed by atoms with Crippen molar-refractivity contribution in [2.24, 2.45) is 17.8 Å². The molecule has 6 rings (SSSR count). The molecule has 2 heterocycles. The monoisotopic (exact) mass is 569 g/mol. The van der Waals surface area contributed by atoms with E-state index in [0.29, 0.717) is 19.6 Å². The topological polar surface area (TPSA) is 76.1 Å². The lowest BCUT2D eigenvalue weighted by molar-refractivity contribution is -0.143. The fourth-order valence-corrected chi connectivity index (χ4v) is 7.73. The fourth-order valence-electron chi connectivity index (χ4n) is 7.73. The Morgan fingerprint density at radius 1 is 0.976 bits per heavy atom. The van der Waals surface area contributed by atoms with Crippen molar-refractivity contribution in [3.05, 3.63) is 76.9 Å². The van der Waals surface area contributed by atoms with Gasteiger partial charge in [0.15, 0.2) is 0 Å². The Morgan fingerprint density at radius 3 is 2.48 bits per heavy atom. The van der Waals surface area contributed by atoms with Crippen LogP contribution in [0.15, 0.2) is 71.3 Å². The van der Waals surface area contributed by atoms with Crippen LogP contribution in [0.5, 0.6) is 11.5 Å². The van der Waals surface area contributed by atoms with Crippen molar-refractivity contribution in [3.63, 3.8) is 0 Å². The molecule has 222 valence electrons. The molecular weight excluding hydrogens is 526 g/mol. The Kier molecular flexibility index (Phi) is 8.80. The minimum atomic E-state index is -0.317. The van der Waals surface area contributed by atoms with Gasteiger partial charge < -0.3 is 14.6 Å². The number of ether oxygens (including phenoxy) is 2. The third-order valence-corrected chi connectivity index (χ3v) is 9.70. The summed E-state index contributed by atoms with van der Waals surface area (Å²) < 4.78 is 12.7. The molecule has 2 aliphatic carbocycles.